The number of H-pyrrole nitrogens is 1. The number of aromatic nitrogens is 3. The number of imidazole rings is 1. The molecule has 14 nitrogen and oxygen atoms in total. The Hall–Kier alpha value is -4.50. The molecule has 9 N–H and O–H groups in total. The second-order valence-electron chi connectivity index (χ2n) is 15.8. The number of nitrogens with one attached hydrogen (secondary N) is 3. The van der Waals surface area contributed by atoms with Crippen LogP contribution in [-0.2, 0) is 32.0 Å². The van der Waals surface area contributed by atoms with Gasteiger partial charge in [-0.1, -0.05) is 64.9 Å². The van der Waals surface area contributed by atoms with E-state index in [1.165, 1.54) is 54.8 Å². The molecule has 0 bridgehead atoms. The molecule has 4 rings (SSSR count). The van der Waals surface area contributed by atoms with Crippen LogP contribution in [0.25, 0.3) is 0 Å². The van der Waals surface area contributed by atoms with E-state index in [4.69, 9.17) is 21.9 Å². The van der Waals surface area contributed by atoms with Crippen molar-refractivity contribution in [3.05, 3.63) is 58.6 Å². The molecule has 0 spiro atoms. The molecule has 0 radical (unpaired) electrons. The van der Waals surface area contributed by atoms with Crippen molar-refractivity contribution in [1.82, 2.24) is 30.7 Å². The molecule has 1 aliphatic rings. The van der Waals surface area contributed by atoms with Crippen LogP contribution in [0.5, 0.6) is 0 Å². The van der Waals surface area contributed by atoms with Gasteiger partial charge >= 0.3 is 5.97 Å². The SMILES string of the molecule is CC(C)C[C@@H](c1csc(N)n1)N(NC(=O)C(Cc1c[nH]cn1)NC(=O)C(N)Cc1ccc(C(=O)OC(C)(C)C)c(N)c1)C(=O)CCCCC1CCCCC1. The number of benzene rings is 1. The maximum atomic E-state index is 14.2. The second-order valence-corrected chi connectivity index (χ2v) is 16.7. The standard InChI is InChI=1S/C39H59N9O5S/c1-24(2)17-33(32-22-54-38(42)46-32)48(34(49)14-10-9-13-25-11-7-6-8-12-25)47-36(51)31(20-27-21-43-23-44-27)45-35(50)30(41)19-26-15-16-28(29(40)18-26)37(52)53-39(3,4)5/h15-16,18,21-25,30-31,33H,6-14,17,19-20,40-41H2,1-5H3,(H2,42,46)(H,43,44)(H,45,50)(H,47,51)/t30?,31?,33-/m0/s1. The Labute approximate surface area is 322 Å². The summed E-state index contributed by atoms with van der Waals surface area (Å²) in [7, 11) is 0. The molecule has 1 fully saturated rings. The average molecular weight is 766 g/mol. The van der Waals surface area contributed by atoms with Gasteiger partial charge in [0.25, 0.3) is 5.91 Å². The molecule has 1 saturated carbocycles. The van der Waals surface area contributed by atoms with E-state index >= 15 is 0 Å². The highest BCUT2D eigenvalue weighted by atomic mass is 32.1. The van der Waals surface area contributed by atoms with Gasteiger partial charge in [-0.05, 0) is 69.6 Å². The summed E-state index contributed by atoms with van der Waals surface area (Å²) in [6.07, 6.45) is 13.1. The number of esters is 1. The van der Waals surface area contributed by atoms with E-state index in [2.05, 4.69) is 25.7 Å². The molecule has 1 aliphatic carbocycles. The first-order valence-corrected chi connectivity index (χ1v) is 20.0. The number of unbranched alkanes of at least 4 members (excludes halogenated alkanes) is 1. The monoisotopic (exact) mass is 765 g/mol. The Kier molecular flexibility index (Phi) is 15.4. The van der Waals surface area contributed by atoms with E-state index in [9.17, 15) is 19.2 Å². The van der Waals surface area contributed by atoms with E-state index in [1.54, 1.807) is 45.2 Å². The van der Waals surface area contributed by atoms with Crippen LogP contribution in [0.3, 0.4) is 0 Å². The van der Waals surface area contributed by atoms with Gasteiger partial charge in [0, 0.05) is 30.1 Å². The number of amides is 3. The lowest BCUT2D eigenvalue weighted by Gasteiger charge is -2.33. The lowest BCUT2D eigenvalue weighted by molar-refractivity contribution is -0.146. The van der Waals surface area contributed by atoms with Crippen molar-refractivity contribution in [2.24, 2.45) is 17.6 Å². The fraction of sp³-hybridized carbons (Fsp3) is 0.590. The number of carbonyl (C=O) groups is 4. The molecule has 0 aliphatic heterocycles. The Morgan fingerprint density at radius 2 is 1.80 bits per heavy atom. The summed E-state index contributed by atoms with van der Waals surface area (Å²) < 4.78 is 5.44. The minimum Gasteiger partial charge on any atom is -0.456 e. The smallest absolute Gasteiger partial charge is 0.340 e. The van der Waals surface area contributed by atoms with Crippen LogP contribution in [0.2, 0.25) is 0 Å². The Bertz CT molecular complexity index is 1680. The van der Waals surface area contributed by atoms with Crippen LogP contribution >= 0.6 is 11.3 Å². The minimum atomic E-state index is -1.13. The van der Waals surface area contributed by atoms with Gasteiger partial charge in [-0.15, -0.1) is 11.3 Å². The van der Waals surface area contributed by atoms with Gasteiger partial charge in [-0.25, -0.2) is 19.8 Å². The third-order valence-electron chi connectivity index (χ3n) is 9.49. The maximum Gasteiger partial charge on any atom is 0.340 e. The normalized spacial score (nSPS) is 15.3. The highest BCUT2D eigenvalue weighted by Gasteiger charge is 2.33. The Morgan fingerprint density at radius 1 is 1.06 bits per heavy atom. The first-order valence-electron chi connectivity index (χ1n) is 19.1. The molecule has 15 heteroatoms. The summed E-state index contributed by atoms with van der Waals surface area (Å²) >= 11 is 1.27. The summed E-state index contributed by atoms with van der Waals surface area (Å²) in [5, 5.41) is 6.36. The first-order chi connectivity index (χ1) is 25.6. The number of anilines is 2. The van der Waals surface area contributed by atoms with Crippen molar-refractivity contribution in [3.8, 4) is 0 Å². The topological polar surface area (TPSA) is 224 Å². The molecule has 54 heavy (non-hydrogen) atoms. The number of hydrazine groups is 1. The molecule has 3 amide bonds. The van der Waals surface area contributed by atoms with E-state index in [-0.39, 0.29) is 42.3 Å². The molecule has 296 valence electrons. The maximum absolute atomic E-state index is 14.2. The summed E-state index contributed by atoms with van der Waals surface area (Å²) in [6.45, 7) is 9.38. The quantitative estimate of drug-likeness (QED) is 0.0446. The number of nitrogens with zero attached hydrogens (tertiary/aromatic N) is 3. The third-order valence-corrected chi connectivity index (χ3v) is 10.2. The number of hydrogen-bond donors (Lipinski definition) is 6. The van der Waals surface area contributed by atoms with E-state index in [1.807, 2.05) is 19.2 Å². The number of carbonyl (C=O) groups excluding carboxylic acids is 4. The molecule has 2 heterocycles. The summed E-state index contributed by atoms with van der Waals surface area (Å²) in [5.74, 6) is -1.12. The van der Waals surface area contributed by atoms with Crippen molar-refractivity contribution < 1.29 is 23.9 Å². The number of nitrogen functional groups attached to an aromatic ring is 2. The summed E-state index contributed by atoms with van der Waals surface area (Å²) in [6, 6.07) is 2.01. The van der Waals surface area contributed by atoms with Gasteiger partial charge in [0.2, 0.25) is 11.8 Å². The lowest BCUT2D eigenvalue weighted by Crippen LogP contribution is -2.57. The van der Waals surface area contributed by atoms with Crippen molar-refractivity contribution >= 4 is 45.8 Å². The van der Waals surface area contributed by atoms with Gasteiger partial charge in [-0.3, -0.25) is 19.8 Å². The molecule has 0 saturated heterocycles. The van der Waals surface area contributed by atoms with Crippen molar-refractivity contribution in [3.63, 3.8) is 0 Å². The number of nitrogens with two attached hydrogens (primary N) is 3. The second kappa shape index (κ2) is 19.7. The van der Waals surface area contributed by atoms with Gasteiger partial charge in [0.1, 0.15) is 11.6 Å². The van der Waals surface area contributed by atoms with Gasteiger partial charge in [-0.2, -0.15) is 0 Å². The summed E-state index contributed by atoms with van der Waals surface area (Å²) in [4.78, 5) is 66.1. The number of hydrogen-bond acceptors (Lipinski definition) is 11. The zero-order valence-corrected chi connectivity index (χ0v) is 33.2. The van der Waals surface area contributed by atoms with Gasteiger partial charge < -0.3 is 32.2 Å². The van der Waals surface area contributed by atoms with Crippen molar-refractivity contribution in [1.29, 1.82) is 0 Å². The Balaban J connectivity index is 1.51. The molecule has 2 aromatic heterocycles. The minimum absolute atomic E-state index is 0.0350. The number of aromatic amines is 1. The zero-order valence-electron chi connectivity index (χ0n) is 32.4. The molecule has 3 atom stereocenters. The van der Waals surface area contributed by atoms with Crippen LogP contribution in [0.4, 0.5) is 10.8 Å². The fourth-order valence-electron chi connectivity index (χ4n) is 6.78. The highest BCUT2D eigenvalue weighted by molar-refractivity contribution is 7.13. The molecule has 2 unspecified atom stereocenters. The third kappa shape index (κ3) is 13.1. The predicted octanol–water partition coefficient (Wildman–Crippen LogP) is 5.37. The van der Waals surface area contributed by atoms with Crippen LogP contribution < -0.4 is 27.9 Å². The Morgan fingerprint density at radius 3 is 2.41 bits per heavy atom. The molecular formula is C39H59N9O5S. The fourth-order valence-corrected chi connectivity index (χ4v) is 7.39. The van der Waals surface area contributed by atoms with E-state index in [0.717, 1.165) is 12.8 Å². The number of thiazole rings is 1. The number of rotatable bonds is 17. The molecular weight excluding hydrogens is 707 g/mol. The molecule has 1 aromatic carbocycles. The van der Waals surface area contributed by atoms with Crippen molar-refractivity contribution in [2.75, 3.05) is 11.5 Å². The first kappa shape index (κ1) is 42.2. The van der Waals surface area contributed by atoms with Crippen LogP contribution in [-0.4, -0.2) is 61.3 Å². The highest BCUT2D eigenvalue weighted by Crippen LogP contribution is 2.31. The molecule has 3 aromatic rings. The van der Waals surface area contributed by atoms with Crippen molar-refractivity contribution in [2.45, 2.75) is 135 Å². The predicted molar refractivity (Wildman–Crippen MR) is 211 cm³/mol. The zero-order chi connectivity index (χ0) is 39.4. The summed E-state index contributed by atoms with van der Waals surface area (Å²) in [5.41, 5.74) is 22.9. The van der Waals surface area contributed by atoms with Crippen LogP contribution in [0.1, 0.15) is 132 Å². The van der Waals surface area contributed by atoms with Crippen LogP contribution in [0, 0.1) is 11.8 Å². The lowest BCUT2D eigenvalue weighted by atomic mass is 9.85. The van der Waals surface area contributed by atoms with Crippen LogP contribution in [0.15, 0.2) is 36.1 Å². The van der Waals surface area contributed by atoms with E-state index in [0.29, 0.717) is 40.8 Å². The van der Waals surface area contributed by atoms with Gasteiger partial charge in [0.05, 0.1) is 35.4 Å². The van der Waals surface area contributed by atoms with Gasteiger partial charge in [0.15, 0.2) is 5.13 Å². The van der Waals surface area contributed by atoms with E-state index < -0.39 is 41.5 Å². The number of ether oxygens (including phenoxy) is 1. The largest absolute Gasteiger partial charge is 0.456 e. The average Bonchev–Trinajstić information content (AvgIpc) is 3.79.